The monoisotopic (exact) mass is 226 g/mol. The number of alkyl halides is 3. The van der Waals surface area contributed by atoms with E-state index in [9.17, 15) is 13.2 Å². The van der Waals surface area contributed by atoms with E-state index in [1.54, 1.807) is 0 Å². The van der Waals surface area contributed by atoms with Crippen molar-refractivity contribution in [1.82, 2.24) is 4.98 Å². The summed E-state index contributed by atoms with van der Waals surface area (Å²) in [7, 11) is -5.77. The molecule has 1 aromatic rings. The minimum atomic E-state index is -5.15. The molecule has 0 unspecified atom stereocenters. The minimum Gasteiger partial charge on any atom is -0.481 e. The zero-order valence-electron chi connectivity index (χ0n) is 12.0. The first-order valence-corrected chi connectivity index (χ1v) is 3.48. The topological polar surface area (TPSA) is 62.6 Å². The summed E-state index contributed by atoms with van der Waals surface area (Å²) < 4.78 is 76.8. The van der Waals surface area contributed by atoms with Crippen LogP contribution in [0.5, 0.6) is 5.88 Å². The fraction of sp³-hybridized carbons (Fsp3) is 0.286. The fourth-order valence-electron chi connectivity index (χ4n) is 0.743. The fourth-order valence-corrected chi connectivity index (χ4v) is 0.743. The average molecular weight is 226 g/mol. The van der Waals surface area contributed by atoms with Crippen molar-refractivity contribution in [3.05, 3.63) is 17.8 Å². The second-order valence-corrected chi connectivity index (χ2v) is 2.40. The molecule has 0 aromatic carbocycles. The number of hydrogen-bond donors (Lipinski definition) is 2. The van der Waals surface area contributed by atoms with E-state index < -0.39 is 49.5 Å². The van der Waals surface area contributed by atoms with Crippen molar-refractivity contribution in [2.75, 3.05) is 7.04 Å². The summed E-state index contributed by atoms with van der Waals surface area (Å²) in [6.45, 7) is 0. The van der Waals surface area contributed by atoms with Gasteiger partial charge in [0.15, 0.2) is 0 Å². The van der Waals surface area contributed by atoms with Crippen LogP contribution in [0.3, 0.4) is 0 Å². The second-order valence-electron chi connectivity index (χ2n) is 2.40. The normalized spacial score (nSPS) is 17.0. The Labute approximate surface area is 90.5 Å². The molecule has 0 bridgehead atoms. The van der Waals surface area contributed by atoms with Crippen LogP contribution < -0.4 is 10.2 Å². The highest BCUT2D eigenvalue weighted by atomic mass is 19.4. The smallest absolute Gasteiger partial charge is 0.481 e. The number of pyridine rings is 1. The van der Waals surface area contributed by atoms with Crippen LogP contribution in [0.1, 0.15) is 12.5 Å². The van der Waals surface area contributed by atoms with Gasteiger partial charge in [-0.2, -0.15) is 13.2 Å². The molecular weight excluding hydrogens is 214 g/mol. The molecule has 2 N–H and O–H groups in total. The van der Waals surface area contributed by atoms with Gasteiger partial charge in [0.05, 0.1) is 13.9 Å². The molecule has 0 saturated heterocycles. The van der Waals surface area contributed by atoms with Crippen LogP contribution in [-0.2, 0) is 6.18 Å². The molecule has 0 amide bonds. The van der Waals surface area contributed by atoms with Gasteiger partial charge in [-0.05, 0) is 11.5 Å². The summed E-state index contributed by atoms with van der Waals surface area (Å²) in [6.07, 6.45) is -5.15. The third kappa shape index (κ3) is 2.83. The maximum Gasteiger partial charge on any atom is 0.488 e. The van der Waals surface area contributed by atoms with E-state index >= 15 is 0 Å². The van der Waals surface area contributed by atoms with Gasteiger partial charge in [-0.25, -0.2) is 4.98 Å². The zero-order chi connectivity index (χ0) is 15.9. The molecule has 8 heteroatoms. The van der Waals surface area contributed by atoms with Crippen molar-refractivity contribution in [2.45, 2.75) is 6.18 Å². The van der Waals surface area contributed by atoms with Gasteiger partial charge in [-0.1, -0.05) is 0 Å². The van der Waals surface area contributed by atoms with Gasteiger partial charge in [0, 0.05) is 6.04 Å². The number of nitrogens with zero attached hydrogens (tertiary/aromatic N) is 1. The van der Waals surface area contributed by atoms with Gasteiger partial charge in [0.1, 0.15) is 5.69 Å². The van der Waals surface area contributed by atoms with Gasteiger partial charge >= 0.3 is 13.3 Å². The van der Waals surface area contributed by atoms with E-state index in [2.05, 4.69) is 9.72 Å². The minimum absolute atomic E-state index is 1.12. The molecule has 0 aliphatic heterocycles. The summed E-state index contributed by atoms with van der Waals surface area (Å²) in [6, 6.07) is -2.55. The summed E-state index contributed by atoms with van der Waals surface area (Å²) in [4.78, 5) is 2.77. The zero-order valence-corrected chi connectivity index (χ0v) is 6.96. The number of halogens is 3. The van der Waals surface area contributed by atoms with Crippen LogP contribution in [0.25, 0.3) is 0 Å². The van der Waals surface area contributed by atoms with E-state index in [0.717, 1.165) is 0 Å². The third-order valence-electron chi connectivity index (χ3n) is 1.33. The first-order valence-electron chi connectivity index (χ1n) is 5.98. The molecule has 15 heavy (non-hydrogen) atoms. The summed E-state index contributed by atoms with van der Waals surface area (Å²) in [5.41, 5.74) is -3.03. The Hall–Kier alpha value is -1.28. The molecule has 0 aliphatic rings. The lowest BCUT2D eigenvalue weighted by molar-refractivity contribution is -0.141. The van der Waals surface area contributed by atoms with E-state index in [1.165, 1.54) is 0 Å². The molecule has 1 heterocycles. The lowest BCUT2D eigenvalue weighted by atomic mass is 9.80. The van der Waals surface area contributed by atoms with Crippen molar-refractivity contribution in [2.24, 2.45) is 0 Å². The maximum atomic E-state index is 12.6. The van der Waals surface area contributed by atoms with Crippen molar-refractivity contribution >= 4 is 12.6 Å². The molecule has 1 aromatic heterocycles. The molecular formula is C7H7BF3NO3. The van der Waals surface area contributed by atoms with Gasteiger partial charge < -0.3 is 14.8 Å². The average Bonchev–Trinajstić information content (AvgIpc) is 2.18. The van der Waals surface area contributed by atoms with E-state index in [-0.39, 0.29) is 0 Å². The van der Waals surface area contributed by atoms with Gasteiger partial charge in [0.2, 0.25) is 5.88 Å². The van der Waals surface area contributed by atoms with Crippen LogP contribution in [0.4, 0.5) is 13.2 Å². The molecule has 4 nitrogen and oxygen atoms in total. The highest BCUT2D eigenvalue weighted by Gasteiger charge is 2.34. The molecule has 0 radical (unpaired) electrons. The maximum absolute atomic E-state index is 12.6. The van der Waals surface area contributed by atoms with Crippen molar-refractivity contribution in [1.29, 1.82) is 0 Å². The van der Waals surface area contributed by atoms with Crippen LogP contribution in [0.15, 0.2) is 12.1 Å². The van der Waals surface area contributed by atoms with Crippen molar-refractivity contribution in [3.63, 3.8) is 0 Å². The Morgan fingerprint density at radius 1 is 1.53 bits per heavy atom. The molecule has 0 spiro atoms. The Balaban J connectivity index is 3.58. The Kier molecular flexibility index (Phi) is 1.72. The summed E-state index contributed by atoms with van der Waals surface area (Å²) in [5, 5.41) is 17.8. The number of hydrogen-bond acceptors (Lipinski definition) is 4. The van der Waals surface area contributed by atoms with E-state index in [4.69, 9.17) is 16.9 Å². The lowest BCUT2D eigenvalue weighted by Crippen LogP contribution is -2.31. The number of ether oxygens (including phenoxy) is 1. The summed E-state index contributed by atoms with van der Waals surface area (Å²) in [5.74, 6) is -1.27. The van der Waals surface area contributed by atoms with Crippen molar-refractivity contribution in [3.8, 4) is 5.88 Å². The van der Waals surface area contributed by atoms with Crippen molar-refractivity contribution < 1.29 is 34.8 Å². The van der Waals surface area contributed by atoms with E-state index in [1.807, 2.05) is 0 Å². The van der Waals surface area contributed by atoms with Crippen LogP contribution in [0.2, 0.25) is 0 Å². The molecule has 0 aliphatic carbocycles. The predicted octanol–water partition coefficient (Wildman–Crippen LogP) is -0.211. The molecule has 0 saturated carbocycles. The largest absolute Gasteiger partial charge is 0.488 e. The lowest BCUT2D eigenvalue weighted by Gasteiger charge is -2.09. The Morgan fingerprint density at radius 2 is 2.20 bits per heavy atom. The van der Waals surface area contributed by atoms with E-state index in [0.29, 0.717) is 0 Å². The molecule has 0 atom stereocenters. The SMILES string of the molecule is [2H]c1c(OC([2H])([2H])[2H])nc(C(F)(F)F)c([2H])c1B(O)O. The van der Waals surface area contributed by atoms with Gasteiger partial charge in [-0.15, -0.1) is 0 Å². The summed E-state index contributed by atoms with van der Waals surface area (Å²) >= 11 is 0. The quantitative estimate of drug-likeness (QED) is 0.685. The number of aromatic nitrogens is 1. The standard InChI is InChI=1S/C7H7BF3NO3/c1-15-6-3-4(8(13)14)2-5(12-6)7(9,10)11/h2-3,13-14H,1H3/i1D3,2D,3D. The number of rotatable bonds is 2. The highest BCUT2D eigenvalue weighted by molar-refractivity contribution is 6.58. The van der Waals surface area contributed by atoms with Crippen LogP contribution in [0, 0.1) is 0 Å². The third-order valence-corrected chi connectivity index (χ3v) is 1.33. The van der Waals surface area contributed by atoms with Crippen LogP contribution >= 0.6 is 0 Å². The van der Waals surface area contributed by atoms with Gasteiger partial charge in [0.25, 0.3) is 0 Å². The van der Waals surface area contributed by atoms with Crippen LogP contribution in [-0.4, -0.2) is 29.2 Å². The molecule has 82 valence electrons. The first kappa shape index (κ1) is 6.34. The predicted molar refractivity (Wildman–Crippen MR) is 45.6 cm³/mol. The molecule has 0 fully saturated rings. The number of methoxy groups -OCH3 is 1. The Morgan fingerprint density at radius 3 is 2.67 bits per heavy atom. The first-order chi connectivity index (χ1) is 8.84. The Bertz CT molecular complexity index is 522. The highest BCUT2D eigenvalue weighted by Crippen LogP contribution is 2.28. The van der Waals surface area contributed by atoms with Gasteiger partial charge in [-0.3, -0.25) is 0 Å². The molecule has 1 rings (SSSR count). The second kappa shape index (κ2) is 4.07.